The maximum atomic E-state index is 11.0. The molecule has 15 heavy (non-hydrogen) atoms. The van der Waals surface area contributed by atoms with E-state index in [1.165, 1.54) is 0 Å². The first-order valence-electron chi connectivity index (χ1n) is 4.43. The smallest absolute Gasteiger partial charge is 0.229 e. The average Bonchev–Trinajstić information content (AvgIpc) is 2.06. The number of nitrogens with zero attached hydrogens (tertiary/aromatic N) is 1. The zero-order chi connectivity index (χ0) is 11.6. The molecule has 0 saturated carbocycles. The topological polar surface area (TPSA) is 59.1 Å². The summed E-state index contributed by atoms with van der Waals surface area (Å²) in [4.78, 5) is 3.92. The lowest BCUT2D eigenvalue weighted by Gasteiger charge is -2.09. The number of sulfonamides is 1. The molecule has 0 spiro atoms. The molecule has 1 rings (SSSR count). The van der Waals surface area contributed by atoms with Gasteiger partial charge in [-0.2, -0.15) is 0 Å². The van der Waals surface area contributed by atoms with Crippen LogP contribution in [-0.4, -0.2) is 19.7 Å². The molecule has 0 aromatic carbocycles. The van der Waals surface area contributed by atoms with Crippen LogP contribution in [0.1, 0.15) is 25.3 Å². The van der Waals surface area contributed by atoms with Gasteiger partial charge in [-0.05, 0) is 17.5 Å². The molecule has 0 radical (unpaired) electrons. The Morgan fingerprint density at radius 3 is 2.53 bits per heavy atom. The summed E-state index contributed by atoms with van der Waals surface area (Å²) in [6.45, 7) is 3.99. The molecule has 0 unspecified atom stereocenters. The molecule has 0 atom stereocenters. The second kappa shape index (κ2) is 4.37. The SMILES string of the molecule is CC(C)c1cnc(Cl)c(NS(C)(=O)=O)c1. The lowest BCUT2D eigenvalue weighted by molar-refractivity contribution is 0.607. The minimum absolute atomic E-state index is 0.157. The van der Waals surface area contributed by atoms with Gasteiger partial charge in [0, 0.05) is 6.20 Å². The largest absolute Gasteiger partial charge is 0.281 e. The van der Waals surface area contributed by atoms with Gasteiger partial charge in [-0.3, -0.25) is 4.72 Å². The molecule has 0 aliphatic rings. The van der Waals surface area contributed by atoms with E-state index in [1.807, 2.05) is 13.8 Å². The van der Waals surface area contributed by atoms with E-state index in [-0.39, 0.29) is 11.1 Å². The normalized spacial score (nSPS) is 11.8. The van der Waals surface area contributed by atoms with Crippen molar-refractivity contribution in [2.75, 3.05) is 11.0 Å². The fraction of sp³-hybridized carbons (Fsp3) is 0.444. The Bertz CT molecular complexity index is 457. The zero-order valence-corrected chi connectivity index (χ0v) is 10.4. The van der Waals surface area contributed by atoms with Crippen molar-refractivity contribution < 1.29 is 8.42 Å². The van der Waals surface area contributed by atoms with E-state index in [2.05, 4.69) is 9.71 Å². The van der Waals surface area contributed by atoms with Crippen molar-refractivity contribution in [2.24, 2.45) is 0 Å². The van der Waals surface area contributed by atoms with Gasteiger partial charge in [-0.1, -0.05) is 25.4 Å². The van der Waals surface area contributed by atoms with Crippen LogP contribution in [0.5, 0.6) is 0 Å². The Balaban J connectivity index is 3.11. The summed E-state index contributed by atoms with van der Waals surface area (Å²) in [7, 11) is -3.32. The van der Waals surface area contributed by atoms with Gasteiger partial charge >= 0.3 is 0 Å². The Morgan fingerprint density at radius 1 is 1.47 bits per heavy atom. The van der Waals surface area contributed by atoms with Crippen molar-refractivity contribution in [1.29, 1.82) is 0 Å². The minimum Gasteiger partial charge on any atom is -0.281 e. The first kappa shape index (κ1) is 12.3. The summed E-state index contributed by atoms with van der Waals surface area (Å²) in [6.07, 6.45) is 2.71. The molecule has 1 N–H and O–H groups in total. The number of nitrogens with one attached hydrogen (secondary N) is 1. The molecule has 0 aliphatic carbocycles. The van der Waals surface area contributed by atoms with Crippen LogP contribution in [0.2, 0.25) is 5.15 Å². The van der Waals surface area contributed by atoms with Crippen LogP contribution in [0.4, 0.5) is 5.69 Å². The lowest BCUT2D eigenvalue weighted by Crippen LogP contribution is -2.10. The van der Waals surface area contributed by atoms with Gasteiger partial charge in [0.15, 0.2) is 5.15 Å². The summed E-state index contributed by atoms with van der Waals surface area (Å²) < 4.78 is 24.4. The molecule has 84 valence electrons. The van der Waals surface area contributed by atoms with E-state index in [0.717, 1.165) is 11.8 Å². The van der Waals surface area contributed by atoms with Crippen LogP contribution in [0.25, 0.3) is 0 Å². The first-order chi connectivity index (χ1) is 6.79. The Hall–Kier alpha value is -0.810. The lowest BCUT2D eigenvalue weighted by atomic mass is 10.1. The summed E-state index contributed by atoms with van der Waals surface area (Å²) in [5.74, 6) is 0.273. The van der Waals surface area contributed by atoms with E-state index in [1.54, 1.807) is 12.3 Å². The average molecular weight is 249 g/mol. The third-order valence-corrected chi connectivity index (χ3v) is 2.71. The van der Waals surface area contributed by atoms with Gasteiger partial charge < -0.3 is 0 Å². The van der Waals surface area contributed by atoms with Crippen LogP contribution in [0.3, 0.4) is 0 Å². The zero-order valence-electron chi connectivity index (χ0n) is 8.78. The van der Waals surface area contributed by atoms with E-state index in [0.29, 0.717) is 5.69 Å². The highest BCUT2D eigenvalue weighted by molar-refractivity contribution is 7.92. The summed E-state index contributed by atoms with van der Waals surface area (Å²) in [5.41, 5.74) is 1.26. The van der Waals surface area contributed by atoms with Gasteiger partial charge in [0.2, 0.25) is 10.0 Å². The number of hydrogen-bond acceptors (Lipinski definition) is 3. The molecule has 0 bridgehead atoms. The van der Waals surface area contributed by atoms with E-state index >= 15 is 0 Å². The van der Waals surface area contributed by atoms with E-state index in [4.69, 9.17) is 11.6 Å². The maximum absolute atomic E-state index is 11.0. The summed E-state index contributed by atoms with van der Waals surface area (Å²) in [5, 5.41) is 0.157. The van der Waals surface area contributed by atoms with Gasteiger partial charge in [0.05, 0.1) is 11.9 Å². The fourth-order valence-electron chi connectivity index (χ4n) is 1.05. The van der Waals surface area contributed by atoms with Crippen molar-refractivity contribution >= 4 is 27.3 Å². The minimum atomic E-state index is -3.32. The number of halogens is 1. The monoisotopic (exact) mass is 248 g/mol. The molecule has 4 nitrogen and oxygen atoms in total. The summed E-state index contributed by atoms with van der Waals surface area (Å²) >= 11 is 5.77. The highest BCUT2D eigenvalue weighted by Gasteiger charge is 2.09. The standard InChI is InChI=1S/C9H13ClN2O2S/c1-6(2)7-4-8(9(10)11-5-7)12-15(3,13)14/h4-6,12H,1-3H3. The number of rotatable bonds is 3. The molecule has 1 aromatic heterocycles. The molecular formula is C9H13ClN2O2S. The van der Waals surface area contributed by atoms with Gasteiger partial charge in [0.25, 0.3) is 0 Å². The maximum Gasteiger partial charge on any atom is 0.229 e. The quantitative estimate of drug-likeness (QED) is 0.835. The number of pyridine rings is 1. The highest BCUT2D eigenvalue weighted by Crippen LogP contribution is 2.24. The molecule has 0 amide bonds. The molecule has 0 aliphatic heterocycles. The van der Waals surface area contributed by atoms with Crippen LogP contribution in [-0.2, 0) is 10.0 Å². The van der Waals surface area contributed by atoms with Crippen molar-refractivity contribution in [3.05, 3.63) is 23.0 Å². The fourth-order valence-corrected chi connectivity index (χ4v) is 1.81. The highest BCUT2D eigenvalue weighted by atomic mass is 35.5. The Labute approximate surface area is 94.7 Å². The van der Waals surface area contributed by atoms with Gasteiger partial charge in [0.1, 0.15) is 0 Å². The molecule has 6 heteroatoms. The van der Waals surface area contributed by atoms with E-state index in [9.17, 15) is 8.42 Å². The van der Waals surface area contributed by atoms with Crippen LogP contribution in [0, 0.1) is 0 Å². The Morgan fingerprint density at radius 2 is 2.07 bits per heavy atom. The van der Waals surface area contributed by atoms with Crippen LogP contribution >= 0.6 is 11.6 Å². The second-order valence-electron chi connectivity index (χ2n) is 3.64. The molecule has 1 heterocycles. The molecular weight excluding hydrogens is 236 g/mol. The van der Waals surface area contributed by atoms with Crippen molar-refractivity contribution in [2.45, 2.75) is 19.8 Å². The number of hydrogen-bond donors (Lipinski definition) is 1. The van der Waals surface area contributed by atoms with Crippen molar-refractivity contribution in [1.82, 2.24) is 4.98 Å². The van der Waals surface area contributed by atoms with Gasteiger partial charge in [-0.25, -0.2) is 13.4 Å². The third kappa shape index (κ3) is 3.68. The number of anilines is 1. The predicted octanol–water partition coefficient (Wildman–Crippen LogP) is 2.23. The molecule has 0 saturated heterocycles. The first-order valence-corrected chi connectivity index (χ1v) is 6.70. The molecule has 1 aromatic rings. The van der Waals surface area contributed by atoms with E-state index < -0.39 is 10.0 Å². The third-order valence-electron chi connectivity index (χ3n) is 1.82. The van der Waals surface area contributed by atoms with Crippen molar-refractivity contribution in [3.63, 3.8) is 0 Å². The van der Waals surface area contributed by atoms with Gasteiger partial charge in [-0.15, -0.1) is 0 Å². The van der Waals surface area contributed by atoms with Crippen LogP contribution < -0.4 is 4.72 Å². The molecule has 0 fully saturated rings. The second-order valence-corrected chi connectivity index (χ2v) is 5.74. The Kier molecular flexibility index (Phi) is 3.57. The van der Waals surface area contributed by atoms with Crippen molar-refractivity contribution in [3.8, 4) is 0 Å². The predicted molar refractivity (Wildman–Crippen MR) is 61.8 cm³/mol. The van der Waals surface area contributed by atoms with Crippen LogP contribution in [0.15, 0.2) is 12.3 Å². The summed E-state index contributed by atoms with van der Waals surface area (Å²) in [6, 6.07) is 1.70. The number of aromatic nitrogens is 1.